The molecule has 4 saturated heterocycles. The van der Waals surface area contributed by atoms with Crippen LogP contribution in [0.25, 0.3) is 0 Å². The molecule has 2 N–H and O–H groups in total. The number of ketones is 1. The number of piperazine rings is 1. The molecule has 0 spiro atoms. The second-order valence-corrected chi connectivity index (χ2v) is 12.7. The Morgan fingerprint density at radius 3 is 2.18 bits per heavy atom. The number of carbonyl (C=O) groups is 3. The zero-order chi connectivity index (χ0) is 26.8. The van der Waals surface area contributed by atoms with E-state index in [9.17, 15) is 14.4 Å². The average Bonchev–Trinajstić information content (AvgIpc) is 3.26. The summed E-state index contributed by atoms with van der Waals surface area (Å²) in [6.45, 7) is 11.7. The van der Waals surface area contributed by atoms with E-state index in [-0.39, 0.29) is 29.4 Å². The average molecular weight is 536 g/mol. The number of nitrogens with one attached hydrogen (secondary N) is 2. The molecule has 1 aromatic rings. The third kappa shape index (κ3) is 6.39. The van der Waals surface area contributed by atoms with E-state index in [1.54, 1.807) is 0 Å². The Bertz CT molecular complexity index is 1050. The second kappa shape index (κ2) is 12.1. The lowest BCUT2D eigenvalue weighted by molar-refractivity contribution is -0.136. The highest BCUT2D eigenvalue weighted by Crippen LogP contribution is 2.35. The first kappa shape index (κ1) is 26.9. The number of anilines is 1. The number of benzene rings is 1. The summed E-state index contributed by atoms with van der Waals surface area (Å²) in [6.07, 6.45) is 7.53. The lowest BCUT2D eigenvalue weighted by atomic mass is 9.86. The van der Waals surface area contributed by atoms with Crippen LogP contribution in [0.15, 0.2) is 18.2 Å². The molecule has 4 heterocycles. The van der Waals surface area contributed by atoms with E-state index in [4.69, 9.17) is 0 Å². The van der Waals surface area contributed by atoms with Crippen LogP contribution >= 0.6 is 0 Å². The van der Waals surface area contributed by atoms with Crippen LogP contribution in [0.3, 0.4) is 0 Å². The molecule has 8 heteroatoms. The van der Waals surface area contributed by atoms with Crippen LogP contribution in [0.4, 0.5) is 5.69 Å². The van der Waals surface area contributed by atoms with Crippen molar-refractivity contribution < 1.29 is 14.4 Å². The topological polar surface area (TPSA) is 85.0 Å². The number of imide groups is 1. The maximum atomic E-state index is 13.1. The molecule has 8 nitrogen and oxygen atoms in total. The van der Waals surface area contributed by atoms with Gasteiger partial charge in [-0.25, -0.2) is 0 Å². The molecule has 2 atom stereocenters. The minimum absolute atomic E-state index is 0.151. The number of rotatable bonds is 7. The van der Waals surface area contributed by atoms with Gasteiger partial charge < -0.3 is 15.1 Å². The summed E-state index contributed by atoms with van der Waals surface area (Å²) < 4.78 is 0. The van der Waals surface area contributed by atoms with Gasteiger partial charge >= 0.3 is 0 Å². The van der Waals surface area contributed by atoms with Crippen molar-refractivity contribution in [2.45, 2.75) is 51.4 Å². The van der Waals surface area contributed by atoms with Crippen LogP contribution in [0.2, 0.25) is 0 Å². The molecule has 5 aliphatic rings. The van der Waals surface area contributed by atoms with Crippen molar-refractivity contribution in [2.75, 3.05) is 70.3 Å². The van der Waals surface area contributed by atoms with Crippen molar-refractivity contribution in [3.05, 3.63) is 29.3 Å². The third-order valence-corrected chi connectivity index (χ3v) is 10.0. The molecule has 4 aliphatic heterocycles. The number of nitrogens with zero attached hydrogens (tertiary/aromatic N) is 3. The second-order valence-electron chi connectivity index (χ2n) is 12.7. The van der Waals surface area contributed by atoms with Gasteiger partial charge in [0.15, 0.2) is 5.78 Å². The normalized spacial score (nSPS) is 28.1. The van der Waals surface area contributed by atoms with Crippen molar-refractivity contribution in [3.8, 4) is 0 Å². The van der Waals surface area contributed by atoms with E-state index in [1.807, 2.05) is 6.07 Å². The van der Waals surface area contributed by atoms with Crippen LogP contribution in [0, 0.1) is 23.7 Å². The molecule has 0 saturated carbocycles. The molecule has 0 bridgehead atoms. The Morgan fingerprint density at radius 2 is 1.46 bits per heavy atom. The van der Waals surface area contributed by atoms with Crippen molar-refractivity contribution in [1.29, 1.82) is 0 Å². The number of hydrogen-bond acceptors (Lipinski definition) is 7. The molecule has 6 rings (SSSR count). The fraction of sp³-hybridized carbons (Fsp3) is 0.710. The van der Waals surface area contributed by atoms with E-state index >= 15 is 0 Å². The van der Waals surface area contributed by atoms with Crippen LogP contribution < -0.4 is 15.5 Å². The molecule has 1 aromatic carbocycles. The summed E-state index contributed by atoms with van der Waals surface area (Å²) >= 11 is 0. The Hall–Kier alpha value is -2.29. The van der Waals surface area contributed by atoms with E-state index in [2.05, 4.69) is 37.5 Å². The molecular formula is C31H45N5O3. The zero-order valence-electron chi connectivity index (χ0n) is 23.3. The van der Waals surface area contributed by atoms with Gasteiger partial charge in [-0.15, -0.1) is 0 Å². The fourth-order valence-electron chi connectivity index (χ4n) is 7.60. The monoisotopic (exact) mass is 535 g/mol. The quantitative estimate of drug-likeness (QED) is 0.519. The first-order valence-electron chi connectivity index (χ1n) is 15.4. The van der Waals surface area contributed by atoms with Crippen molar-refractivity contribution in [3.63, 3.8) is 0 Å². The van der Waals surface area contributed by atoms with Crippen LogP contribution in [0.1, 0.15) is 60.9 Å². The number of amides is 2. The molecule has 0 radical (unpaired) electrons. The number of Topliss-reactive ketones (excluding diaryl/α,β-unsaturated/α-hetero) is 1. The summed E-state index contributed by atoms with van der Waals surface area (Å²) in [4.78, 5) is 44.6. The highest BCUT2D eigenvalue weighted by Gasteiger charge is 2.36. The van der Waals surface area contributed by atoms with Crippen LogP contribution in [-0.4, -0.2) is 92.8 Å². The van der Waals surface area contributed by atoms with E-state index in [0.29, 0.717) is 25.7 Å². The Labute approximate surface area is 232 Å². The standard InChI is InChI=1S/C31H45N5O3/c37-29-4-1-24(31(39)33-29)17-26-18-25-19-27(2-3-28(25)30(26)38)36-15-13-35(14-16-36)21-23-7-11-34(12-8-23)20-22-5-9-32-10-6-22/h2-3,19,22-24,26,32H,1,4-18,20-21H2,(H,33,37,39)/t24?,26-/m1/s1. The van der Waals surface area contributed by atoms with E-state index in [0.717, 1.165) is 49.1 Å². The maximum absolute atomic E-state index is 13.1. The molecular weight excluding hydrogens is 490 g/mol. The van der Waals surface area contributed by atoms with Crippen molar-refractivity contribution in [1.82, 2.24) is 20.4 Å². The number of likely N-dealkylation sites (tertiary alicyclic amines) is 1. The molecule has 4 fully saturated rings. The van der Waals surface area contributed by atoms with Gasteiger partial charge in [-0.2, -0.15) is 0 Å². The Morgan fingerprint density at radius 1 is 0.769 bits per heavy atom. The number of hydrogen-bond donors (Lipinski definition) is 2. The van der Waals surface area contributed by atoms with Gasteiger partial charge in [-0.3, -0.25) is 24.6 Å². The molecule has 1 unspecified atom stereocenters. The molecule has 39 heavy (non-hydrogen) atoms. The lowest BCUT2D eigenvalue weighted by Crippen LogP contribution is -2.49. The molecule has 1 aliphatic carbocycles. The molecule has 0 aromatic heterocycles. The minimum atomic E-state index is -0.236. The lowest BCUT2D eigenvalue weighted by Gasteiger charge is -2.40. The summed E-state index contributed by atoms with van der Waals surface area (Å²) in [5, 5.41) is 5.92. The smallest absolute Gasteiger partial charge is 0.229 e. The predicted molar refractivity (Wildman–Crippen MR) is 152 cm³/mol. The highest BCUT2D eigenvalue weighted by molar-refractivity contribution is 6.03. The van der Waals surface area contributed by atoms with E-state index in [1.165, 1.54) is 70.6 Å². The van der Waals surface area contributed by atoms with Gasteiger partial charge in [0.05, 0.1) is 0 Å². The maximum Gasteiger partial charge on any atom is 0.229 e. The SMILES string of the molecule is O=C1CCC(C[C@@H]2Cc3cc(N4CCN(CC5CCN(CC6CCNCC6)CC5)CC4)ccc3C2=O)C(=O)N1. The summed E-state index contributed by atoms with van der Waals surface area (Å²) in [6, 6.07) is 6.33. The van der Waals surface area contributed by atoms with Gasteiger partial charge in [0, 0.05) is 68.8 Å². The first-order chi connectivity index (χ1) is 19.0. The summed E-state index contributed by atoms with van der Waals surface area (Å²) in [7, 11) is 0. The minimum Gasteiger partial charge on any atom is -0.369 e. The molecule has 2 amide bonds. The number of carbonyl (C=O) groups excluding carboxylic acids is 3. The zero-order valence-corrected chi connectivity index (χ0v) is 23.3. The van der Waals surface area contributed by atoms with Crippen molar-refractivity contribution >= 4 is 23.3 Å². The van der Waals surface area contributed by atoms with Crippen molar-refractivity contribution in [2.24, 2.45) is 23.7 Å². The number of piperidine rings is 3. The Balaban J connectivity index is 0.951. The van der Waals surface area contributed by atoms with Gasteiger partial charge in [0.2, 0.25) is 11.8 Å². The van der Waals surface area contributed by atoms with Gasteiger partial charge in [0.25, 0.3) is 0 Å². The fourth-order valence-corrected chi connectivity index (χ4v) is 7.60. The summed E-state index contributed by atoms with van der Waals surface area (Å²) in [5.41, 5.74) is 3.16. The summed E-state index contributed by atoms with van der Waals surface area (Å²) in [5.74, 6) is 1.08. The Kier molecular flexibility index (Phi) is 8.33. The predicted octanol–water partition coefficient (Wildman–Crippen LogP) is 2.32. The van der Waals surface area contributed by atoms with Gasteiger partial charge in [0.1, 0.15) is 0 Å². The molecule has 212 valence electrons. The number of fused-ring (bicyclic) bond motifs is 1. The largest absolute Gasteiger partial charge is 0.369 e. The highest BCUT2D eigenvalue weighted by atomic mass is 16.2. The first-order valence-corrected chi connectivity index (χ1v) is 15.4. The van der Waals surface area contributed by atoms with E-state index < -0.39 is 0 Å². The van der Waals surface area contributed by atoms with Crippen LogP contribution in [-0.2, 0) is 16.0 Å². The van der Waals surface area contributed by atoms with Gasteiger partial charge in [-0.1, -0.05) is 0 Å². The third-order valence-electron chi connectivity index (χ3n) is 10.0. The van der Waals surface area contributed by atoms with Crippen LogP contribution in [0.5, 0.6) is 0 Å². The van der Waals surface area contributed by atoms with Gasteiger partial charge in [-0.05, 0) is 107 Å².